The first-order chi connectivity index (χ1) is 25.6. The average Bonchev–Trinajstić information content (AvgIpc) is 3.73. The maximum atomic E-state index is 15.1. The zero-order valence-electron chi connectivity index (χ0n) is 26.2. The summed E-state index contributed by atoms with van der Waals surface area (Å²) < 4.78 is 144. The summed E-state index contributed by atoms with van der Waals surface area (Å²) in [4.78, 5) is 36.3. The maximum Gasteiger partial charge on any atom is 0.418 e. The van der Waals surface area contributed by atoms with E-state index < -0.39 is 79.9 Å². The highest BCUT2D eigenvalue weighted by Crippen LogP contribution is 2.47. The van der Waals surface area contributed by atoms with Crippen LogP contribution in [0.5, 0.6) is 0 Å². The lowest BCUT2D eigenvalue weighted by molar-refractivity contribution is -0.142. The lowest BCUT2D eigenvalue weighted by atomic mass is 9.86. The van der Waals surface area contributed by atoms with Crippen LogP contribution in [0.4, 0.5) is 43.9 Å². The van der Waals surface area contributed by atoms with Crippen molar-refractivity contribution in [2.45, 2.75) is 12.4 Å². The molecule has 0 unspecified atom stereocenters. The predicted molar refractivity (Wildman–Crippen MR) is 180 cm³/mol. The van der Waals surface area contributed by atoms with Crippen LogP contribution in [0.1, 0.15) is 11.1 Å². The Labute approximate surface area is 288 Å². The van der Waals surface area contributed by atoms with Crippen LogP contribution in [0, 0.1) is 23.3 Å². The van der Waals surface area contributed by atoms with Crippen molar-refractivity contribution in [1.29, 1.82) is 0 Å². The quantitative estimate of drug-likeness (QED) is 0.0510. The summed E-state index contributed by atoms with van der Waals surface area (Å²) in [5.41, 5.74) is -8.85. The van der Waals surface area contributed by atoms with Crippen molar-refractivity contribution in [2.75, 3.05) is 0 Å². The molecule has 0 saturated heterocycles. The first-order valence-electron chi connectivity index (χ1n) is 15.8. The van der Waals surface area contributed by atoms with Gasteiger partial charge in [-0.15, -0.1) is 0 Å². The van der Waals surface area contributed by atoms with E-state index in [1.165, 1.54) is 24.3 Å². The van der Waals surface area contributed by atoms with Crippen molar-refractivity contribution in [3.05, 3.63) is 116 Å². The molecule has 11 rings (SSSR count). The second-order valence-electron chi connectivity index (χ2n) is 13.1. The fourth-order valence-electron chi connectivity index (χ4n) is 8.36. The molecule has 4 aromatic heterocycles. The molecular formula is C38H10F10N4O2. The van der Waals surface area contributed by atoms with Crippen LogP contribution in [0.3, 0.4) is 0 Å². The number of rotatable bonds is 0. The molecule has 0 bridgehead atoms. The van der Waals surface area contributed by atoms with E-state index in [1.54, 1.807) is 24.3 Å². The summed E-state index contributed by atoms with van der Waals surface area (Å²) in [5, 5.41) is 4.06. The molecule has 0 aliphatic heterocycles. The Kier molecular flexibility index (Phi) is 5.34. The number of alkyl halides is 6. The second-order valence-corrected chi connectivity index (χ2v) is 13.1. The van der Waals surface area contributed by atoms with Crippen LogP contribution >= 0.6 is 0 Å². The van der Waals surface area contributed by atoms with E-state index in [2.05, 4.69) is 9.97 Å². The van der Waals surface area contributed by atoms with E-state index in [-0.39, 0.29) is 44.3 Å². The molecule has 0 aliphatic rings. The van der Waals surface area contributed by atoms with Gasteiger partial charge in [-0.1, -0.05) is 24.3 Å². The average molecular weight is 745 g/mol. The Balaban J connectivity index is 1.31. The Morgan fingerprint density at radius 2 is 0.889 bits per heavy atom. The molecule has 264 valence electrons. The number of nitrogens with zero attached hydrogens (tertiary/aromatic N) is 4. The lowest BCUT2D eigenvalue weighted by Gasteiger charge is -2.18. The van der Waals surface area contributed by atoms with Gasteiger partial charge in [0.25, 0.3) is 11.1 Å². The fraction of sp³-hybridized carbons (Fsp3) is 0.0526. The summed E-state index contributed by atoms with van der Waals surface area (Å²) in [6.07, 6.45) is -10.4. The van der Waals surface area contributed by atoms with Crippen molar-refractivity contribution in [2.24, 2.45) is 0 Å². The van der Waals surface area contributed by atoms with Gasteiger partial charge in [-0.25, -0.2) is 27.5 Å². The van der Waals surface area contributed by atoms with Crippen LogP contribution < -0.4 is 11.1 Å². The zero-order chi connectivity index (χ0) is 37.7. The van der Waals surface area contributed by atoms with Gasteiger partial charge >= 0.3 is 12.4 Å². The first kappa shape index (κ1) is 31.0. The van der Waals surface area contributed by atoms with Gasteiger partial charge < -0.3 is 0 Å². The minimum atomic E-state index is -5.24. The normalized spacial score (nSPS) is 13.5. The monoisotopic (exact) mass is 744 g/mol. The van der Waals surface area contributed by atoms with Gasteiger partial charge in [0.05, 0.1) is 16.6 Å². The Morgan fingerprint density at radius 3 is 1.41 bits per heavy atom. The third-order valence-corrected chi connectivity index (χ3v) is 10.5. The highest BCUT2D eigenvalue weighted by Gasteiger charge is 2.40. The highest BCUT2D eigenvalue weighted by molar-refractivity contribution is 6.40. The smallest absolute Gasteiger partial charge is 0.268 e. The Morgan fingerprint density at radius 1 is 0.463 bits per heavy atom. The largest absolute Gasteiger partial charge is 0.418 e. The molecule has 0 aliphatic carbocycles. The third-order valence-electron chi connectivity index (χ3n) is 10.5. The molecule has 0 atom stereocenters. The van der Waals surface area contributed by atoms with E-state index >= 15 is 4.39 Å². The van der Waals surface area contributed by atoms with Crippen LogP contribution in [-0.2, 0) is 12.4 Å². The van der Waals surface area contributed by atoms with Gasteiger partial charge in [0.2, 0.25) is 0 Å². The number of fused-ring (bicyclic) bond motifs is 10. The van der Waals surface area contributed by atoms with Gasteiger partial charge in [-0.2, -0.15) is 26.3 Å². The van der Waals surface area contributed by atoms with Gasteiger partial charge in [0.1, 0.15) is 27.8 Å². The minimum Gasteiger partial charge on any atom is -0.268 e. The highest BCUT2D eigenvalue weighted by atomic mass is 19.4. The zero-order valence-corrected chi connectivity index (χ0v) is 26.2. The van der Waals surface area contributed by atoms with Crippen LogP contribution in [0.25, 0.3) is 98.0 Å². The fourth-order valence-corrected chi connectivity index (χ4v) is 8.36. The van der Waals surface area contributed by atoms with Crippen molar-refractivity contribution < 1.29 is 43.9 Å². The molecule has 4 heterocycles. The lowest BCUT2D eigenvalue weighted by Crippen LogP contribution is -2.15. The number of hydrogen-bond acceptors (Lipinski definition) is 4. The van der Waals surface area contributed by atoms with Gasteiger partial charge in [-0.05, 0) is 68.7 Å². The summed E-state index contributed by atoms with van der Waals surface area (Å²) in [5.74, 6) is -7.76. The first-order valence-corrected chi connectivity index (χ1v) is 15.8. The SMILES string of the molecule is O=c1c2ccc3c4ccc5c6c(ccc(c7ccc(c2c73)c2nc3c(C(F)(F)F)cc(C(F)(F)F)cc3n12)c46)c(=O)n1c5nc2c(F)c(F)c(F)c(F)c21. The van der Waals surface area contributed by atoms with Gasteiger partial charge in [0.15, 0.2) is 23.3 Å². The van der Waals surface area contributed by atoms with Gasteiger partial charge in [0, 0.05) is 32.3 Å². The van der Waals surface area contributed by atoms with E-state index in [0.29, 0.717) is 48.2 Å². The number of pyridine rings is 2. The molecule has 0 fully saturated rings. The van der Waals surface area contributed by atoms with Crippen molar-refractivity contribution in [3.8, 4) is 0 Å². The standard InChI is InChI=1S/C38H10F10N4O2/c39-26-27(40)29(42)32-31(28(26)41)50-34-17-6-2-13-14-3-7-18-24-16(5-1-12(22(14)24)15-4-8-19(25(17)23(13)15)36(54)52(32)34)33-49-30-20(38(46,47)48)9-11(37(43,44)45)10-21(30)51(33)35(18)53/h1-10H. The molecule has 0 radical (unpaired) electrons. The molecular weight excluding hydrogens is 734 g/mol. The minimum absolute atomic E-state index is 0.00941. The summed E-state index contributed by atoms with van der Waals surface area (Å²) >= 11 is 0. The van der Waals surface area contributed by atoms with E-state index in [9.17, 15) is 49.1 Å². The topological polar surface area (TPSA) is 68.7 Å². The van der Waals surface area contributed by atoms with Gasteiger partial charge in [-0.3, -0.25) is 18.4 Å². The molecule has 0 amide bonds. The molecule has 0 saturated carbocycles. The maximum absolute atomic E-state index is 15.1. The van der Waals surface area contributed by atoms with Crippen LogP contribution in [-0.4, -0.2) is 18.8 Å². The summed E-state index contributed by atoms with van der Waals surface area (Å²) in [7, 11) is 0. The molecule has 11 aromatic rings. The molecule has 7 aromatic carbocycles. The number of imidazole rings is 2. The molecule has 16 heteroatoms. The van der Waals surface area contributed by atoms with Crippen molar-refractivity contribution in [3.63, 3.8) is 0 Å². The second kappa shape index (κ2) is 9.31. The Bertz CT molecular complexity index is 3660. The van der Waals surface area contributed by atoms with E-state index in [0.717, 1.165) is 4.40 Å². The van der Waals surface area contributed by atoms with Crippen LogP contribution in [0.15, 0.2) is 70.3 Å². The number of hydrogen-bond donors (Lipinski definition) is 0. The molecule has 0 spiro atoms. The Hall–Kier alpha value is -6.58. The summed E-state index contributed by atoms with van der Waals surface area (Å²) in [6.45, 7) is 0. The van der Waals surface area contributed by atoms with Crippen molar-refractivity contribution in [1.82, 2.24) is 18.8 Å². The predicted octanol–water partition coefficient (Wildman–Crippen LogP) is 9.84. The third kappa shape index (κ3) is 3.44. The van der Waals surface area contributed by atoms with E-state index in [4.69, 9.17) is 0 Å². The number of aromatic nitrogens is 4. The van der Waals surface area contributed by atoms with Crippen LogP contribution in [0.2, 0.25) is 0 Å². The molecule has 6 nitrogen and oxygen atoms in total. The van der Waals surface area contributed by atoms with E-state index in [1.807, 2.05) is 0 Å². The molecule has 54 heavy (non-hydrogen) atoms. The number of halogens is 10. The summed E-state index contributed by atoms with van der Waals surface area (Å²) in [6, 6.07) is 12.6. The molecule has 0 N–H and O–H groups in total. The van der Waals surface area contributed by atoms with Crippen molar-refractivity contribution >= 4 is 98.0 Å². The number of benzene rings is 7.